The van der Waals surface area contributed by atoms with E-state index in [1.807, 2.05) is 12.1 Å². The van der Waals surface area contributed by atoms with Gasteiger partial charge >= 0.3 is 0 Å². The van der Waals surface area contributed by atoms with Crippen LogP contribution in [-0.2, 0) is 0 Å². The van der Waals surface area contributed by atoms with E-state index >= 15 is 0 Å². The molecule has 3 heteroatoms. The maximum atomic E-state index is 5.32. The van der Waals surface area contributed by atoms with Crippen LogP contribution in [0.4, 0.5) is 0 Å². The summed E-state index contributed by atoms with van der Waals surface area (Å²) in [6, 6.07) is 71.8. The molecule has 1 heterocycles. The molecule has 0 radical (unpaired) electrons. The van der Waals surface area contributed by atoms with Gasteiger partial charge in [-0.1, -0.05) is 176 Å². The second kappa shape index (κ2) is 12.9. The molecule has 0 fully saturated rings. The number of fused-ring (bicyclic) bond motifs is 2. The van der Waals surface area contributed by atoms with Crippen LogP contribution in [0.3, 0.4) is 0 Å². The zero-order chi connectivity index (χ0) is 38.2. The number of hydrogen-bond acceptors (Lipinski definition) is 3. The highest BCUT2D eigenvalue weighted by atomic mass is 15.0. The largest absolute Gasteiger partial charge is 0.208 e. The molecule has 12 rings (SSSR count). The first-order chi connectivity index (χ1) is 28.7. The van der Waals surface area contributed by atoms with Gasteiger partial charge in [0, 0.05) is 16.7 Å². The highest BCUT2D eigenvalue weighted by Gasteiger charge is 2.19. The van der Waals surface area contributed by atoms with E-state index in [-0.39, 0.29) is 0 Å². The molecule has 0 saturated carbocycles. The molecular weight excluding hydrogens is 703 g/mol. The normalized spacial score (nSPS) is 11.8. The van der Waals surface area contributed by atoms with Crippen LogP contribution >= 0.6 is 0 Å². The topological polar surface area (TPSA) is 38.7 Å². The molecule has 268 valence electrons. The van der Waals surface area contributed by atoms with Crippen molar-refractivity contribution in [3.05, 3.63) is 200 Å². The minimum absolute atomic E-state index is 0.632. The third kappa shape index (κ3) is 5.18. The van der Waals surface area contributed by atoms with Crippen LogP contribution in [-0.4, -0.2) is 15.0 Å². The Hall–Kier alpha value is -7.75. The van der Waals surface area contributed by atoms with Crippen molar-refractivity contribution in [3.63, 3.8) is 0 Å². The predicted molar refractivity (Wildman–Crippen MR) is 243 cm³/mol. The van der Waals surface area contributed by atoms with Gasteiger partial charge < -0.3 is 0 Å². The lowest BCUT2D eigenvalue weighted by molar-refractivity contribution is 1.07. The first-order valence-electron chi connectivity index (χ1n) is 19.8. The molecule has 0 unspecified atom stereocenters. The Morgan fingerprint density at radius 1 is 0.207 bits per heavy atom. The monoisotopic (exact) mass is 735 g/mol. The van der Waals surface area contributed by atoms with E-state index in [0.29, 0.717) is 17.5 Å². The van der Waals surface area contributed by atoms with Crippen molar-refractivity contribution in [1.82, 2.24) is 15.0 Å². The molecule has 0 spiro atoms. The average molecular weight is 736 g/mol. The minimum Gasteiger partial charge on any atom is -0.208 e. The van der Waals surface area contributed by atoms with Gasteiger partial charge in [0.25, 0.3) is 0 Å². The molecule has 11 aromatic carbocycles. The lowest BCUT2D eigenvalue weighted by atomic mass is 9.87. The molecule has 3 nitrogen and oxygen atoms in total. The Bertz CT molecular complexity index is 3450. The zero-order valence-corrected chi connectivity index (χ0v) is 31.4. The van der Waals surface area contributed by atoms with Gasteiger partial charge in [-0.15, -0.1) is 0 Å². The van der Waals surface area contributed by atoms with Crippen LogP contribution in [0.15, 0.2) is 200 Å². The number of benzene rings is 10. The van der Waals surface area contributed by atoms with Crippen LogP contribution in [0.2, 0.25) is 0 Å². The first-order valence-corrected chi connectivity index (χ1v) is 19.8. The molecule has 1 aromatic heterocycles. The van der Waals surface area contributed by atoms with E-state index in [9.17, 15) is 0 Å². The number of hydrogen-bond donors (Lipinski definition) is 0. The van der Waals surface area contributed by atoms with E-state index in [4.69, 9.17) is 15.0 Å². The second-order valence-corrected chi connectivity index (χ2v) is 15.2. The summed E-state index contributed by atoms with van der Waals surface area (Å²) in [7, 11) is 0. The Balaban J connectivity index is 1.17. The van der Waals surface area contributed by atoms with E-state index in [2.05, 4.69) is 188 Å². The number of aromatic nitrogens is 3. The van der Waals surface area contributed by atoms with Crippen LogP contribution in [0.1, 0.15) is 0 Å². The summed E-state index contributed by atoms with van der Waals surface area (Å²) in [5.41, 5.74) is 7.33. The van der Waals surface area contributed by atoms with E-state index in [1.54, 1.807) is 0 Å². The third-order valence-corrected chi connectivity index (χ3v) is 11.8. The van der Waals surface area contributed by atoms with Crippen LogP contribution in [0.25, 0.3) is 121 Å². The predicted octanol–water partition coefficient (Wildman–Crippen LogP) is 14.6. The van der Waals surface area contributed by atoms with Crippen LogP contribution in [0.5, 0.6) is 0 Å². The smallest absolute Gasteiger partial charge is 0.164 e. The van der Waals surface area contributed by atoms with Gasteiger partial charge in [-0.05, 0) is 111 Å². The van der Waals surface area contributed by atoms with Gasteiger partial charge in [-0.25, -0.2) is 15.0 Å². The van der Waals surface area contributed by atoms with Crippen LogP contribution < -0.4 is 0 Å². The third-order valence-electron chi connectivity index (χ3n) is 11.8. The Labute approximate surface area is 334 Å². The quantitative estimate of drug-likeness (QED) is 0.165. The van der Waals surface area contributed by atoms with Crippen molar-refractivity contribution in [2.75, 3.05) is 0 Å². The lowest BCUT2D eigenvalue weighted by Gasteiger charge is -2.17. The summed E-state index contributed by atoms with van der Waals surface area (Å²) in [6.07, 6.45) is 0. The fourth-order valence-electron chi connectivity index (χ4n) is 9.11. The van der Waals surface area contributed by atoms with E-state index < -0.39 is 0 Å². The molecule has 0 aliphatic heterocycles. The molecule has 0 amide bonds. The van der Waals surface area contributed by atoms with Crippen molar-refractivity contribution in [2.45, 2.75) is 0 Å². The summed E-state index contributed by atoms with van der Waals surface area (Å²) < 4.78 is 0. The molecule has 0 saturated heterocycles. The Morgan fingerprint density at radius 3 is 1.05 bits per heavy atom. The summed E-state index contributed by atoms with van der Waals surface area (Å²) in [5.74, 6) is 1.90. The van der Waals surface area contributed by atoms with Crippen molar-refractivity contribution in [1.29, 1.82) is 0 Å². The molecular formula is C55H33N3. The Morgan fingerprint density at radius 2 is 0.569 bits per heavy atom. The highest BCUT2D eigenvalue weighted by Crippen LogP contribution is 2.44. The Kier molecular flexibility index (Phi) is 7.23. The van der Waals surface area contributed by atoms with Gasteiger partial charge in [-0.3, -0.25) is 0 Å². The second-order valence-electron chi connectivity index (χ2n) is 15.2. The summed E-state index contributed by atoms with van der Waals surface area (Å²) in [6.45, 7) is 0. The minimum atomic E-state index is 0.632. The van der Waals surface area contributed by atoms with Gasteiger partial charge in [0.1, 0.15) is 0 Å². The zero-order valence-electron chi connectivity index (χ0n) is 31.4. The van der Waals surface area contributed by atoms with E-state index in [1.165, 1.54) is 59.2 Å². The summed E-state index contributed by atoms with van der Waals surface area (Å²) >= 11 is 0. The van der Waals surface area contributed by atoms with Crippen molar-refractivity contribution >= 4 is 64.6 Å². The lowest BCUT2D eigenvalue weighted by Crippen LogP contribution is -2.01. The van der Waals surface area contributed by atoms with Crippen LogP contribution in [0, 0.1) is 0 Å². The standard InChI is InChI=1S/C55H33N3/c1-3-12-34(13-4-1)39-19-7-21-42(30-39)53-56-54(43-22-8-20-40(31-43)35-14-5-2-6-15-35)58-55(57-53)44-32-41-29-28-38-17-10-24-46-45-23-9-16-36-26-27-37-18-11-25-47(51(37)49(36)45)48(33-44)52(41)50(38)46/h1-33H. The molecule has 0 N–H and O–H groups in total. The summed E-state index contributed by atoms with van der Waals surface area (Å²) in [4.78, 5) is 15.8. The number of nitrogens with zero attached hydrogens (tertiary/aromatic N) is 3. The molecule has 12 aromatic rings. The van der Waals surface area contributed by atoms with Gasteiger partial charge in [0.2, 0.25) is 0 Å². The first kappa shape index (κ1) is 32.5. The van der Waals surface area contributed by atoms with Crippen molar-refractivity contribution in [3.8, 4) is 56.4 Å². The maximum Gasteiger partial charge on any atom is 0.164 e. The van der Waals surface area contributed by atoms with Crippen molar-refractivity contribution < 1.29 is 0 Å². The van der Waals surface area contributed by atoms with Gasteiger partial charge in [0.15, 0.2) is 17.5 Å². The number of rotatable bonds is 5. The van der Waals surface area contributed by atoms with E-state index in [0.717, 1.165) is 44.3 Å². The van der Waals surface area contributed by atoms with Crippen molar-refractivity contribution in [2.24, 2.45) is 0 Å². The molecule has 0 aliphatic carbocycles. The SMILES string of the molecule is c1ccc(-c2cccc(-c3nc(-c4cccc(-c5ccccc5)c4)nc(-c4cc5ccc6cccc7c8cccc9ccc%10cccc(c(c4)c5c67)c%10c98)n3)c2)cc1. The molecule has 0 aliphatic rings. The molecule has 58 heavy (non-hydrogen) atoms. The fraction of sp³-hybridized carbons (Fsp3) is 0. The maximum absolute atomic E-state index is 5.32. The fourth-order valence-corrected chi connectivity index (χ4v) is 9.11. The molecule has 0 atom stereocenters. The summed E-state index contributed by atoms with van der Waals surface area (Å²) in [5, 5.41) is 14.8. The van der Waals surface area contributed by atoms with Gasteiger partial charge in [0.05, 0.1) is 0 Å². The molecule has 0 bridgehead atoms. The average Bonchev–Trinajstić information content (AvgIpc) is 3.30. The van der Waals surface area contributed by atoms with Gasteiger partial charge in [-0.2, -0.15) is 0 Å². The highest BCUT2D eigenvalue weighted by molar-refractivity contribution is 6.37.